The monoisotopic (exact) mass is 321 g/mol. The SMILES string of the molecule is Cc1cc(C(=O)NCC(c2ccco2)N2CCSCC2)no1. The van der Waals surface area contributed by atoms with E-state index in [0.717, 1.165) is 30.4 Å². The third-order valence-corrected chi connectivity index (χ3v) is 4.62. The third kappa shape index (κ3) is 3.53. The number of amides is 1. The first-order valence-corrected chi connectivity index (χ1v) is 8.46. The second-order valence-electron chi connectivity index (χ2n) is 5.21. The predicted molar refractivity (Wildman–Crippen MR) is 83.9 cm³/mol. The summed E-state index contributed by atoms with van der Waals surface area (Å²) in [5.41, 5.74) is 0.310. The maximum atomic E-state index is 12.1. The molecule has 3 rings (SSSR count). The Hall–Kier alpha value is -1.73. The van der Waals surface area contributed by atoms with Gasteiger partial charge in [0, 0.05) is 37.2 Å². The van der Waals surface area contributed by atoms with Gasteiger partial charge >= 0.3 is 0 Å². The fourth-order valence-electron chi connectivity index (χ4n) is 2.53. The molecule has 2 aromatic heterocycles. The Bertz CT molecular complexity index is 605. The lowest BCUT2D eigenvalue weighted by atomic mass is 10.1. The first kappa shape index (κ1) is 15.2. The zero-order chi connectivity index (χ0) is 15.4. The van der Waals surface area contributed by atoms with Crippen LogP contribution in [0.15, 0.2) is 33.4 Å². The second-order valence-corrected chi connectivity index (χ2v) is 6.44. The van der Waals surface area contributed by atoms with Crippen LogP contribution in [-0.4, -0.2) is 47.1 Å². The Morgan fingerprint density at radius 1 is 1.50 bits per heavy atom. The number of carbonyl (C=O) groups is 1. The summed E-state index contributed by atoms with van der Waals surface area (Å²) in [5, 5.41) is 6.67. The van der Waals surface area contributed by atoms with Crippen LogP contribution in [0.25, 0.3) is 0 Å². The molecule has 0 saturated carbocycles. The van der Waals surface area contributed by atoms with Crippen LogP contribution in [0.5, 0.6) is 0 Å². The Kier molecular flexibility index (Phi) is 4.84. The fraction of sp³-hybridized carbons (Fsp3) is 0.467. The van der Waals surface area contributed by atoms with E-state index < -0.39 is 0 Å². The first-order chi connectivity index (χ1) is 10.7. The van der Waals surface area contributed by atoms with Crippen molar-refractivity contribution in [1.82, 2.24) is 15.4 Å². The number of nitrogens with zero attached hydrogens (tertiary/aromatic N) is 2. The van der Waals surface area contributed by atoms with Gasteiger partial charge in [-0.05, 0) is 19.1 Å². The van der Waals surface area contributed by atoms with E-state index in [0.29, 0.717) is 18.0 Å². The van der Waals surface area contributed by atoms with E-state index in [2.05, 4.69) is 15.4 Å². The van der Waals surface area contributed by atoms with E-state index in [1.165, 1.54) is 0 Å². The van der Waals surface area contributed by atoms with Crippen molar-refractivity contribution in [3.8, 4) is 0 Å². The summed E-state index contributed by atoms with van der Waals surface area (Å²) >= 11 is 1.96. The minimum Gasteiger partial charge on any atom is -0.468 e. The highest BCUT2D eigenvalue weighted by molar-refractivity contribution is 7.99. The van der Waals surface area contributed by atoms with Crippen LogP contribution in [0.1, 0.15) is 28.1 Å². The lowest BCUT2D eigenvalue weighted by molar-refractivity contribution is 0.0920. The molecule has 0 radical (unpaired) electrons. The quantitative estimate of drug-likeness (QED) is 0.909. The molecule has 1 saturated heterocycles. The molecule has 1 fully saturated rings. The Morgan fingerprint density at radius 2 is 2.32 bits per heavy atom. The molecule has 0 spiro atoms. The van der Waals surface area contributed by atoms with Gasteiger partial charge in [0.05, 0.1) is 12.3 Å². The van der Waals surface area contributed by atoms with Crippen LogP contribution >= 0.6 is 11.8 Å². The number of aryl methyl sites for hydroxylation is 1. The Balaban J connectivity index is 1.66. The minimum atomic E-state index is -0.222. The molecule has 6 nitrogen and oxygen atoms in total. The van der Waals surface area contributed by atoms with E-state index in [1.807, 2.05) is 23.9 Å². The predicted octanol–water partition coefficient (Wildman–Crippen LogP) is 2.10. The highest BCUT2D eigenvalue weighted by Gasteiger charge is 2.25. The van der Waals surface area contributed by atoms with Crippen LogP contribution in [0.2, 0.25) is 0 Å². The maximum Gasteiger partial charge on any atom is 0.273 e. The van der Waals surface area contributed by atoms with E-state index in [-0.39, 0.29) is 11.9 Å². The van der Waals surface area contributed by atoms with Crippen LogP contribution in [0.4, 0.5) is 0 Å². The normalized spacial score (nSPS) is 17.3. The van der Waals surface area contributed by atoms with E-state index >= 15 is 0 Å². The number of carbonyl (C=O) groups excluding carboxylic acids is 1. The summed E-state index contributed by atoms with van der Waals surface area (Å²) in [6.07, 6.45) is 1.67. The van der Waals surface area contributed by atoms with Crippen molar-refractivity contribution in [2.75, 3.05) is 31.1 Å². The van der Waals surface area contributed by atoms with Crippen LogP contribution in [0.3, 0.4) is 0 Å². The molecule has 2 aromatic rings. The van der Waals surface area contributed by atoms with Crippen molar-refractivity contribution < 1.29 is 13.7 Å². The van der Waals surface area contributed by atoms with Crippen LogP contribution in [0, 0.1) is 6.92 Å². The van der Waals surface area contributed by atoms with Gasteiger partial charge in [-0.3, -0.25) is 9.69 Å². The highest BCUT2D eigenvalue weighted by Crippen LogP contribution is 2.24. The summed E-state index contributed by atoms with van der Waals surface area (Å²) in [5.74, 6) is 3.49. The number of hydrogen-bond acceptors (Lipinski definition) is 6. The Labute approximate surface area is 133 Å². The molecule has 0 aromatic carbocycles. The summed E-state index contributed by atoms with van der Waals surface area (Å²) in [7, 11) is 0. The molecule has 1 unspecified atom stereocenters. The molecule has 1 amide bonds. The van der Waals surface area contributed by atoms with Crippen molar-refractivity contribution >= 4 is 17.7 Å². The topological polar surface area (TPSA) is 71.5 Å². The number of nitrogens with one attached hydrogen (secondary N) is 1. The summed E-state index contributed by atoms with van der Waals surface area (Å²) in [6, 6.07) is 5.52. The van der Waals surface area contributed by atoms with Crippen molar-refractivity contribution in [3.05, 3.63) is 41.7 Å². The van der Waals surface area contributed by atoms with Gasteiger partial charge in [-0.1, -0.05) is 5.16 Å². The molecular formula is C15H19N3O3S. The van der Waals surface area contributed by atoms with E-state index in [9.17, 15) is 4.79 Å². The van der Waals surface area contributed by atoms with Crippen molar-refractivity contribution in [2.45, 2.75) is 13.0 Å². The largest absolute Gasteiger partial charge is 0.468 e. The lowest BCUT2D eigenvalue weighted by Gasteiger charge is -2.33. The fourth-order valence-corrected chi connectivity index (χ4v) is 3.46. The number of hydrogen-bond donors (Lipinski definition) is 1. The lowest BCUT2D eigenvalue weighted by Crippen LogP contribution is -2.42. The third-order valence-electron chi connectivity index (χ3n) is 3.67. The van der Waals surface area contributed by atoms with Gasteiger partial charge in [0.25, 0.3) is 5.91 Å². The zero-order valence-electron chi connectivity index (χ0n) is 12.4. The molecule has 118 valence electrons. The zero-order valence-corrected chi connectivity index (χ0v) is 13.3. The summed E-state index contributed by atoms with van der Waals surface area (Å²) in [4.78, 5) is 14.5. The van der Waals surface area contributed by atoms with Crippen molar-refractivity contribution in [1.29, 1.82) is 0 Å². The van der Waals surface area contributed by atoms with Gasteiger partial charge in [0.1, 0.15) is 11.5 Å². The molecule has 1 aliphatic heterocycles. The molecular weight excluding hydrogens is 302 g/mol. The van der Waals surface area contributed by atoms with Gasteiger partial charge in [-0.25, -0.2) is 0 Å². The van der Waals surface area contributed by atoms with Crippen LogP contribution < -0.4 is 5.32 Å². The highest BCUT2D eigenvalue weighted by atomic mass is 32.2. The second kappa shape index (κ2) is 7.02. The van der Waals surface area contributed by atoms with Gasteiger partial charge < -0.3 is 14.3 Å². The number of furan rings is 1. The van der Waals surface area contributed by atoms with Gasteiger partial charge in [-0.2, -0.15) is 11.8 Å². The van der Waals surface area contributed by atoms with Gasteiger partial charge in [0.2, 0.25) is 0 Å². The van der Waals surface area contributed by atoms with Crippen molar-refractivity contribution in [2.24, 2.45) is 0 Å². The van der Waals surface area contributed by atoms with Crippen LogP contribution in [-0.2, 0) is 0 Å². The average Bonchev–Trinajstić information content (AvgIpc) is 3.20. The van der Waals surface area contributed by atoms with E-state index in [4.69, 9.17) is 8.94 Å². The molecule has 22 heavy (non-hydrogen) atoms. The molecule has 0 aliphatic carbocycles. The number of rotatable bonds is 5. The first-order valence-electron chi connectivity index (χ1n) is 7.31. The average molecular weight is 321 g/mol. The van der Waals surface area contributed by atoms with Crippen molar-refractivity contribution in [3.63, 3.8) is 0 Å². The molecule has 1 N–H and O–H groups in total. The maximum absolute atomic E-state index is 12.1. The minimum absolute atomic E-state index is 0.0489. The van der Waals surface area contributed by atoms with Gasteiger partial charge in [-0.15, -0.1) is 0 Å². The molecule has 3 heterocycles. The Morgan fingerprint density at radius 3 is 2.95 bits per heavy atom. The standard InChI is InChI=1S/C15H19N3O3S/c1-11-9-12(17-21-11)15(19)16-10-13(14-3-2-6-20-14)18-4-7-22-8-5-18/h2-3,6,9,13H,4-5,7-8,10H2,1H3,(H,16,19). The molecule has 7 heteroatoms. The number of thioether (sulfide) groups is 1. The smallest absolute Gasteiger partial charge is 0.273 e. The molecule has 1 aliphatic rings. The molecule has 0 bridgehead atoms. The number of aromatic nitrogens is 1. The van der Waals surface area contributed by atoms with Gasteiger partial charge in [0.15, 0.2) is 5.69 Å². The van der Waals surface area contributed by atoms with E-state index in [1.54, 1.807) is 19.3 Å². The summed E-state index contributed by atoms with van der Waals surface area (Å²) < 4.78 is 10.5. The summed E-state index contributed by atoms with van der Waals surface area (Å²) in [6.45, 7) is 4.24. The molecule has 1 atom stereocenters.